The molecule has 4 rings (SSSR count). The Morgan fingerprint density at radius 2 is 1.92 bits per heavy atom. The van der Waals surface area contributed by atoms with E-state index in [1.54, 1.807) is 0 Å². The highest BCUT2D eigenvalue weighted by Crippen LogP contribution is 2.30. The molecule has 0 aliphatic carbocycles. The van der Waals surface area contributed by atoms with Crippen molar-refractivity contribution in [2.75, 3.05) is 13.1 Å². The quantitative estimate of drug-likeness (QED) is 0.716. The lowest BCUT2D eigenvalue weighted by Gasteiger charge is -2.37. The zero-order valence-corrected chi connectivity index (χ0v) is 13.8. The van der Waals surface area contributed by atoms with E-state index in [0.29, 0.717) is 24.8 Å². The fourth-order valence-corrected chi connectivity index (χ4v) is 3.01. The minimum Gasteiger partial charge on any atom is -0.339 e. The molecule has 126 valence electrons. The molecule has 0 atom stereocenters. The molecule has 25 heavy (non-hydrogen) atoms. The average molecular weight is 358 g/mol. The summed E-state index contributed by atoms with van der Waals surface area (Å²) >= 11 is 5.95. The van der Waals surface area contributed by atoms with Crippen molar-refractivity contribution in [1.29, 1.82) is 0 Å². The lowest BCUT2D eigenvalue weighted by atomic mass is 9.98. The number of carbonyl (C=O) groups is 1. The Kier molecular flexibility index (Phi) is 3.97. The van der Waals surface area contributed by atoms with Crippen molar-refractivity contribution in [3.63, 3.8) is 0 Å². The second kappa shape index (κ2) is 6.29. The zero-order valence-electron chi connectivity index (χ0n) is 13.0. The van der Waals surface area contributed by atoms with Crippen molar-refractivity contribution in [2.45, 2.75) is 5.92 Å². The average Bonchev–Trinajstić information content (AvgIpc) is 3.04. The molecule has 7 heteroatoms. The van der Waals surface area contributed by atoms with Crippen molar-refractivity contribution in [1.82, 2.24) is 15.0 Å². The van der Waals surface area contributed by atoms with Gasteiger partial charge in [0.1, 0.15) is 5.82 Å². The van der Waals surface area contributed by atoms with Gasteiger partial charge in [-0.05, 0) is 12.1 Å². The van der Waals surface area contributed by atoms with Crippen LogP contribution in [0.15, 0.2) is 53.1 Å². The molecule has 1 aromatic heterocycles. The number of likely N-dealkylation sites (tertiary alicyclic amines) is 1. The van der Waals surface area contributed by atoms with Crippen LogP contribution in [0.1, 0.15) is 22.2 Å². The summed E-state index contributed by atoms with van der Waals surface area (Å²) in [6.45, 7) is 0.778. The molecule has 0 unspecified atom stereocenters. The van der Waals surface area contributed by atoms with E-state index in [1.165, 1.54) is 23.1 Å². The van der Waals surface area contributed by atoms with Crippen molar-refractivity contribution in [3.05, 3.63) is 70.8 Å². The number of hydrogen-bond donors (Lipinski definition) is 0. The molecule has 5 nitrogen and oxygen atoms in total. The lowest BCUT2D eigenvalue weighted by Crippen LogP contribution is -2.48. The van der Waals surface area contributed by atoms with Crippen LogP contribution in [0.4, 0.5) is 4.39 Å². The van der Waals surface area contributed by atoms with Gasteiger partial charge in [-0.25, -0.2) is 4.39 Å². The summed E-state index contributed by atoms with van der Waals surface area (Å²) in [7, 11) is 0. The fraction of sp³-hybridized carbons (Fsp3) is 0.167. The van der Waals surface area contributed by atoms with E-state index in [4.69, 9.17) is 16.1 Å². The number of nitrogens with zero attached hydrogens (tertiary/aromatic N) is 3. The summed E-state index contributed by atoms with van der Waals surface area (Å²) in [5, 5.41) is 4.08. The Morgan fingerprint density at radius 3 is 2.64 bits per heavy atom. The summed E-state index contributed by atoms with van der Waals surface area (Å²) < 4.78 is 19.2. The summed E-state index contributed by atoms with van der Waals surface area (Å²) in [6, 6.07) is 13.7. The summed E-state index contributed by atoms with van der Waals surface area (Å²) in [5.41, 5.74) is 0.765. The molecular weight excluding hydrogens is 345 g/mol. The van der Waals surface area contributed by atoms with Gasteiger partial charge in [-0.1, -0.05) is 53.2 Å². The predicted octanol–water partition coefficient (Wildman–Crippen LogP) is 3.77. The highest BCUT2D eigenvalue weighted by Gasteiger charge is 2.37. The van der Waals surface area contributed by atoms with Gasteiger partial charge in [0, 0.05) is 18.7 Å². The van der Waals surface area contributed by atoms with Gasteiger partial charge in [-0.15, -0.1) is 0 Å². The molecule has 0 radical (unpaired) electrons. The molecule has 2 heterocycles. The van der Waals surface area contributed by atoms with E-state index < -0.39 is 11.7 Å². The first-order chi connectivity index (χ1) is 12.1. The van der Waals surface area contributed by atoms with E-state index in [2.05, 4.69) is 10.1 Å². The van der Waals surface area contributed by atoms with Gasteiger partial charge in [0.15, 0.2) is 0 Å². The van der Waals surface area contributed by atoms with Crippen LogP contribution in [-0.4, -0.2) is 34.0 Å². The Hall–Kier alpha value is -2.73. The van der Waals surface area contributed by atoms with E-state index in [0.717, 1.165) is 5.56 Å². The van der Waals surface area contributed by atoms with Gasteiger partial charge in [-0.3, -0.25) is 4.79 Å². The van der Waals surface area contributed by atoms with Crippen LogP contribution >= 0.6 is 11.6 Å². The number of aromatic nitrogens is 2. The third-order valence-electron chi connectivity index (χ3n) is 4.17. The minimum atomic E-state index is -0.620. The number of hydrogen-bond acceptors (Lipinski definition) is 4. The second-order valence-corrected chi connectivity index (χ2v) is 6.23. The molecule has 0 spiro atoms. The first-order valence-corrected chi connectivity index (χ1v) is 8.13. The molecule has 0 N–H and O–H groups in total. The van der Waals surface area contributed by atoms with Crippen molar-refractivity contribution >= 4 is 17.5 Å². The molecule has 0 bridgehead atoms. The normalized spacial score (nSPS) is 14.4. The molecular formula is C18H13ClFN3O2. The predicted molar refractivity (Wildman–Crippen MR) is 89.8 cm³/mol. The van der Waals surface area contributed by atoms with Crippen LogP contribution < -0.4 is 0 Å². The van der Waals surface area contributed by atoms with Gasteiger partial charge in [0.25, 0.3) is 5.91 Å². The molecule has 0 saturated carbocycles. The third-order valence-corrected chi connectivity index (χ3v) is 4.48. The van der Waals surface area contributed by atoms with Crippen LogP contribution in [0.25, 0.3) is 11.4 Å². The topological polar surface area (TPSA) is 59.2 Å². The number of rotatable bonds is 3. The molecule has 1 amide bonds. The van der Waals surface area contributed by atoms with E-state index >= 15 is 0 Å². The largest absolute Gasteiger partial charge is 0.339 e. The van der Waals surface area contributed by atoms with Crippen LogP contribution in [0.2, 0.25) is 5.02 Å². The molecule has 3 aromatic rings. The standard InChI is InChI=1S/C18H13ClFN3O2/c19-13-7-4-8-14(20)15(13)18(24)23-9-12(10-23)17-21-16(22-25-17)11-5-2-1-3-6-11/h1-8,12H,9-10H2. The maximum Gasteiger partial charge on any atom is 0.258 e. The monoisotopic (exact) mass is 357 g/mol. The SMILES string of the molecule is O=C(c1c(F)cccc1Cl)N1CC(c2nc(-c3ccccc3)no2)C1. The van der Waals surface area contributed by atoms with Crippen LogP contribution in [0.5, 0.6) is 0 Å². The molecule has 1 fully saturated rings. The highest BCUT2D eigenvalue weighted by molar-refractivity contribution is 6.33. The Morgan fingerprint density at radius 1 is 1.16 bits per heavy atom. The van der Waals surface area contributed by atoms with E-state index in [1.807, 2.05) is 30.3 Å². The molecule has 1 aliphatic heterocycles. The first kappa shape index (κ1) is 15.8. The maximum absolute atomic E-state index is 13.9. The van der Waals surface area contributed by atoms with Crippen LogP contribution in [0, 0.1) is 5.82 Å². The van der Waals surface area contributed by atoms with Crippen molar-refractivity contribution < 1.29 is 13.7 Å². The molecule has 2 aromatic carbocycles. The summed E-state index contributed by atoms with van der Waals surface area (Å²) in [6.07, 6.45) is 0. The van der Waals surface area contributed by atoms with Crippen LogP contribution in [-0.2, 0) is 0 Å². The Bertz CT molecular complexity index is 903. The molecule has 1 saturated heterocycles. The molecule has 1 aliphatic rings. The van der Waals surface area contributed by atoms with Crippen molar-refractivity contribution in [2.24, 2.45) is 0 Å². The summed E-state index contributed by atoms with van der Waals surface area (Å²) in [4.78, 5) is 18.3. The van der Waals surface area contributed by atoms with Gasteiger partial charge < -0.3 is 9.42 Å². The number of carbonyl (C=O) groups excluding carboxylic acids is 1. The van der Waals surface area contributed by atoms with Crippen molar-refractivity contribution in [3.8, 4) is 11.4 Å². The third kappa shape index (κ3) is 2.89. The van der Waals surface area contributed by atoms with Gasteiger partial charge in [-0.2, -0.15) is 4.98 Å². The van der Waals surface area contributed by atoms with Gasteiger partial charge in [0.05, 0.1) is 16.5 Å². The maximum atomic E-state index is 13.9. The smallest absolute Gasteiger partial charge is 0.258 e. The number of amides is 1. The van der Waals surface area contributed by atoms with Gasteiger partial charge in [0.2, 0.25) is 11.7 Å². The summed E-state index contributed by atoms with van der Waals surface area (Å²) in [5.74, 6) is -0.119. The Balaban J connectivity index is 1.46. The number of halogens is 2. The highest BCUT2D eigenvalue weighted by atomic mass is 35.5. The van der Waals surface area contributed by atoms with Crippen LogP contribution in [0.3, 0.4) is 0 Å². The lowest BCUT2D eigenvalue weighted by molar-refractivity contribution is 0.0564. The first-order valence-electron chi connectivity index (χ1n) is 7.76. The van der Waals surface area contributed by atoms with E-state index in [9.17, 15) is 9.18 Å². The Labute approximate surface area is 148 Å². The number of benzene rings is 2. The van der Waals surface area contributed by atoms with E-state index in [-0.39, 0.29) is 16.5 Å². The zero-order chi connectivity index (χ0) is 17.4. The van der Waals surface area contributed by atoms with Gasteiger partial charge >= 0.3 is 0 Å². The minimum absolute atomic E-state index is 0.0561. The second-order valence-electron chi connectivity index (χ2n) is 5.83. The fourth-order valence-electron chi connectivity index (χ4n) is 2.77.